The van der Waals surface area contributed by atoms with Crippen molar-refractivity contribution in [3.63, 3.8) is 0 Å². The third kappa shape index (κ3) is 7.81. The number of nitrogens with zero attached hydrogens (tertiary/aromatic N) is 2. The maximum absolute atomic E-state index is 11.8. The minimum absolute atomic E-state index is 0.792. The van der Waals surface area contributed by atoms with Crippen LogP contribution in [0.15, 0.2) is 47.6 Å². The van der Waals surface area contributed by atoms with E-state index in [4.69, 9.17) is 0 Å². The standard InChI is InChI=1S/C32H51N2O/c1-4-5-6-7-8-9-10-11-12-13-14-18-24-32(35)29(3)28(2)31-33(26-20-27-34(31)32)25-19-23-30-21-16-15-17-22-30/h15-17,19,21-23,35H,4-14,18,20,24-27H2,1-3H3/q+1/b23-19+. The molecule has 35 heavy (non-hydrogen) atoms. The number of amidine groups is 1. The molecule has 3 heteroatoms. The van der Waals surface area contributed by atoms with Gasteiger partial charge in [0.05, 0.1) is 13.1 Å². The minimum Gasteiger partial charge on any atom is -0.350 e. The quantitative estimate of drug-likeness (QED) is 0.192. The monoisotopic (exact) mass is 479 g/mol. The second-order valence-electron chi connectivity index (χ2n) is 10.8. The Morgan fingerprint density at radius 1 is 0.886 bits per heavy atom. The first-order valence-electron chi connectivity index (χ1n) is 14.6. The van der Waals surface area contributed by atoms with E-state index in [2.05, 4.69) is 72.7 Å². The summed E-state index contributed by atoms with van der Waals surface area (Å²) in [6.45, 7) is 9.55. The number of hydrogen-bond acceptors (Lipinski definition) is 2. The van der Waals surface area contributed by atoms with E-state index in [0.717, 1.165) is 44.5 Å². The van der Waals surface area contributed by atoms with Gasteiger partial charge in [0.15, 0.2) is 0 Å². The highest BCUT2D eigenvalue weighted by molar-refractivity contribution is 5.98. The van der Waals surface area contributed by atoms with Gasteiger partial charge in [0.2, 0.25) is 5.72 Å². The summed E-state index contributed by atoms with van der Waals surface area (Å²) >= 11 is 0. The first-order valence-corrected chi connectivity index (χ1v) is 14.6. The Hall–Kier alpha value is -1.87. The summed E-state index contributed by atoms with van der Waals surface area (Å²) in [6, 6.07) is 10.5. The molecular weight excluding hydrogens is 428 g/mol. The molecule has 1 atom stereocenters. The highest BCUT2D eigenvalue weighted by Crippen LogP contribution is 2.39. The van der Waals surface area contributed by atoms with E-state index in [0.29, 0.717) is 0 Å². The molecule has 1 aromatic rings. The number of fused-ring (bicyclic) bond motifs is 1. The van der Waals surface area contributed by atoms with Gasteiger partial charge in [0.25, 0.3) is 5.84 Å². The fraction of sp³-hybridized carbons (Fsp3) is 0.656. The molecule has 194 valence electrons. The van der Waals surface area contributed by atoms with E-state index in [1.54, 1.807) is 0 Å². The van der Waals surface area contributed by atoms with Crippen LogP contribution in [0.1, 0.15) is 116 Å². The smallest absolute Gasteiger partial charge is 0.277 e. The lowest BCUT2D eigenvalue weighted by Gasteiger charge is -2.34. The van der Waals surface area contributed by atoms with Crippen LogP contribution in [-0.2, 0) is 0 Å². The van der Waals surface area contributed by atoms with Crippen molar-refractivity contribution >= 4 is 11.9 Å². The molecule has 1 unspecified atom stereocenters. The predicted octanol–water partition coefficient (Wildman–Crippen LogP) is 7.95. The average Bonchev–Trinajstić information content (AvgIpc) is 3.07. The van der Waals surface area contributed by atoms with Crippen molar-refractivity contribution in [2.24, 2.45) is 0 Å². The van der Waals surface area contributed by atoms with E-state index in [1.165, 1.54) is 87.6 Å². The van der Waals surface area contributed by atoms with Crippen molar-refractivity contribution in [3.8, 4) is 0 Å². The van der Waals surface area contributed by atoms with E-state index >= 15 is 0 Å². The molecule has 0 saturated heterocycles. The Kier molecular flexibility index (Phi) is 11.6. The van der Waals surface area contributed by atoms with Gasteiger partial charge in [-0.25, -0.2) is 4.90 Å². The lowest BCUT2D eigenvalue weighted by atomic mass is 9.96. The van der Waals surface area contributed by atoms with Gasteiger partial charge in [0, 0.05) is 24.0 Å². The summed E-state index contributed by atoms with van der Waals surface area (Å²) in [4.78, 5) is 2.32. The van der Waals surface area contributed by atoms with Crippen molar-refractivity contribution in [2.75, 3.05) is 19.6 Å². The van der Waals surface area contributed by atoms with E-state index in [9.17, 15) is 5.11 Å². The van der Waals surface area contributed by atoms with Gasteiger partial charge in [-0.3, -0.25) is 4.58 Å². The molecule has 1 aromatic carbocycles. The summed E-state index contributed by atoms with van der Waals surface area (Å²) in [7, 11) is 0. The van der Waals surface area contributed by atoms with Crippen molar-refractivity contribution in [2.45, 2.75) is 116 Å². The fourth-order valence-corrected chi connectivity index (χ4v) is 5.87. The van der Waals surface area contributed by atoms with Crippen LogP contribution in [-0.4, -0.2) is 45.8 Å². The minimum atomic E-state index is -0.792. The number of rotatable bonds is 16. The van der Waals surface area contributed by atoms with Crippen LogP contribution >= 0.6 is 0 Å². The van der Waals surface area contributed by atoms with E-state index < -0.39 is 5.72 Å². The molecule has 0 bridgehead atoms. The summed E-state index contributed by atoms with van der Waals surface area (Å²) in [5, 5.41) is 11.8. The molecule has 0 amide bonds. The SMILES string of the molecule is CCCCCCCCCCCCCCC1(O)C(C)=C(C)C2=[N+](C/C=C/c3ccccc3)CCCN21. The summed E-state index contributed by atoms with van der Waals surface area (Å²) < 4.78 is 2.46. The third-order valence-corrected chi connectivity index (χ3v) is 8.12. The first-order chi connectivity index (χ1) is 17.1. The summed E-state index contributed by atoms with van der Waals surface area (Å²) in [6.07, 6.45) is 22.6. The van der Waals surface area contributed by atoms with Crippen LogP contribution in [0.3, 0.4) is 0 Å². The molecule has 0 saturated carbocycles. The third-order valence-electron chi connectivity index (χ3n) is 8.12. The largest absolute Gasteiger partial charge is 0.350 e. The number of unbranched alkanes of at least 4 members (excludes halogenated alkanes) is 11. The summed E-state index contributed by atoms with van der Waals surface area (Å²) in [5.74, 6) is 1.26. The number of hydrogen-bond donors (Lipinski definition) is 1. The first kappa shape index (κ1) is 27.7. The molecule has 2 aliphatic rings. The molecule has 0 radical (unpaired) electrons. The zero-order valence-corrected chi connectivity index (χ0v) is 22.9. The highest BCUT2D eigenvalue weighted by Gasteiger charge is 2.53. The van der Waals surface area contributed by atoms with Gasteiger partial charge < -0.3 is 5.11 Å². The van der Waals surface area contributed by atoms with Gasteiger partial charge in [-0.2, -0.15) is 0 Å². The van der Waals surface area contributed by atoms with Crippen molar-refractivity contribution < 1.29 is 9.68 Å². The van der Waals surface area contributed by atoms with Crippen molar-refractivity contribution in [3.05, 3.63) is 53.1 Å². The van der Waals surface area contributed by atoms with Crippen molar-refractivity contribution in [1.29, 1.82) is 0 Å². The van der Waals surface area contributed by atoms with Crippen LogP contribution in [0.4, 0.5) is 0 Å². The average molecular weight is 480 g/mol. The van der Waals surface area contributed by atoms with Gasteiger partial charge in [0.1, 0.15) is 6.54 Å². The molecular formula is C32H51N2O+. The highest BCUT2D eigenvalue weighted by atomic mass is 16.3. The topological polar surface area (TPSA) is 26.5 Å². The van der Waals surface area contributed by atoms with Gasteiger partial charge >= 0.3 is 0 Å². The fourth-order valence-electron chi connectivity index (χ4n) is 5.87. The van der Waals surface area contributed by atoms with Crippen LogP contribution in [0.2, 0.25) is 0 Å². The molecule has 2 heterocycles. The number of aliphatic hydroxyl groups is 1. The molecule has 3 rings (SSSR count). The van der Waals surface area contributed by atoms with Gasteiger partial charge in [-0.05, 0) is 31.9 Å². The summed E-state index contributed by atoms with van der Waals surface area (Å²) in [5.41, 5.74) is 2.89. The Morgan fingerprint density at radius 2 is 1.49 bits per heavy atom. The molecule has 1 N–H and O–H groups in total. The molecule has 2 aliphatic heterocycles. The van der Waals surface area contributed by atoms with Crippen LogP contribution in [0, 0.1) is 0 Å². The zero-order chi connectivity index (χ0) is 24.9. The molecule has 0 aromatic heterocycles. The Bertz CT molecular complexity index is 854. The normalized spacial score (nSPS) is 20.4. The predicted molar refractivity (Wildman–Crippen MR) is 151 cm³/mol. The Morgan fingerprint density at radius 3 is 2.11 bits per heavy atom. The van der Waals surface area contributed by atoms with Gasteiger partial charge in [-0.1, -0.05) is 114 Å². The zero-order valence-electron chi connectivity index (χ0n) is 22.9. The van der Waals surface area contributed by atoms with Gasteiger partial charge in [-0.15, -0.1) is 0 Å². The lowest BCUT2D eigenvalue weighted by Crippen LogP contribution is -2.53. The lowest BCUT2D eigenvalue weighted by molar-refractivity contribution is -0.529. The van der Waals surface area contributed by atoms with Crippen LogP contribution in [0.25, 0.3) is 6.08 Å². The van der Waals surface area contributed by atoms with Crippen molar-refractivity contribution in [1.82, 2.24) is 4.90 Å². The Labute approximate surface area is 215 Å². The molecule has 0 fully saturated rings. The van der Waals surface area contributed by atoms with Crippen LogP contribution < -0.4 is 0 Å². The van der Waals surface area contributed by atoms with E-state index in [-0.39, 0.29) is 0 Å². The molecule has 0 aliphatic carbocycles. The second kappa shape index (κ2) is 14.6. The molecule has 3 nitrogen and oxygen atoms in total. The number of benzene rings is 1. The van der Waals surface area contributed by atoms with E-state index in [1.807, 2.05) is 0 Å². The maximum Gasteiger partial charge on any atom is 0.277 e. The molecule has 0 spiro atoms. The second-order valence-corrected chi connectivity index (χ2v) is 10.8. The maximum atomic E-state index is 11.8. The Balaban J connectivity index is 1.44. The van der Waals surface area contributed by atoms with Crippen LogP contribution in [0.5, 0.6) is 0 Å².